The second kappa shape index (κ2) is 8.39. The molecule has 1 aromatic rings. The number of nitrogens with one attached hydrogen (secondary N) is 1. The van der Waals surface area contributed by atoms with Gasteiger partial charge in [-0.1, -0.05) is 0 Å². The number of hydrogen-bond donors (Lipinski definition) is 6. The van der Waals surface area contributed by atoms with E-state index in [4.69, 9.17) is 10.2 Å². The molecule has 0 radical (unpaired) electrons. The lowest BCUT2D eigenvalue weighted by Crippen LogP contribution is -2.46. The van der Waals surface area contributed by atoms with Gasteiger partial charge in [0, 0.05) is 18.0 Å². The lowest BCUT2D eigenvalue weighted by atomic mass is 10.0. The van der Waals surface area contributed by atoms with Gasteiger partial charge in [-0.15, -0.1) is 0 Å². The monoisotopic (exact) mass is 299 g/mol. The molecule has 6 N–H and O–H groups in total. The maximum absolute atomic E-state index is 11.6. The van der Waals surface area contributed by atoms with E-state index >= 15 is 0 Å². The largest absolute Gasteiger partial charge is 0.394 e. The molecule has 9 heteroatoms. The molecule has 9 nitrogen and oxygen atoms in total. The Labute approximate surface area is 120 Å². The lowest BCUT2D eigenvalue weighted by molar-refractivity contribution is -0.0999. The van der Waals surface area contributed by atoms with E-state index in [1.165, 1.54) is 24.5 Å². The Morgan fingerprint density at radius 3 is 2.43 bits per heavy atom. The molecular weight excluding hydrogens is 282 g/mol. The van der Waals surface area contributed by atoms with Gasteiger partial charge in [-0.2, -0.15) is 5.10 Å². The summed E-state index contributed by atoms with van der Waals surface area (Å²) < 4.78 is 0. The minimum Gasteiger partial charge on any atom is -0.394 e. The minimum atomic E-state index is -1.77. The van der Waals surface area contributed by atoms with E-state index in [1.54, 1.807) is 0 Å². The van der Waals surface area contributed by atoms with Crippen LogP contribution in [-0.4, -0.2) is 73.7 Å². The molecule has 21 heavy (non-hydrogen) atoms. The zero-order valence-corrected chi connectivity index (χ0v) is 10.9. The summed E-state index contributed by atoms with van der Waals surface area (Å²) in [6.07, 6.45) is -3.14. The van der Waals surface area contributed by atoms with E-state index in [-0.39, 0.29) is 0 Å². The van der Waals surface area contributed by atoms with E-state index in [0.717, 1.165) is 6.21 Å². The van der Waals surface area contributed by atoms with Gasteiger partial charge in [0.2, 0.25) is 0 Å². The fourth-order valence-electron chi connectivity index (χ4n) is 1.37. The summed E-state index contributed by atoms with van der Waals surface area (Å²) in [6.45, 7) is -0.777. The van der Waals surface area contributed by atoms with E-state index in [9.17, 15) is 20.1 Å². The molecule has 0 bridgehead atoms. The number of hydrazone groups is 1. The van der Waals surface area contributed by atoms with Crippen LogP contribution in [0.5, 0.6) is 0 Å². The van der Waals surface area contributed by atoms with Crippen molar-refractivity contribution in [3.05, 3.63) is 30.1 Å². The summed E-state index contributed by atoms with van der Waals surface area (Å²) in [5.74, 6) is -0.550. The number of carbonyl (C=O) groups is 1. The predicted octanol–water partition coefficient (Wildman–Crippen LogP) is -2.77. The first-order valence-corrected chi connectivity index (χ1v) is 6.04. The van der Waals surface area contributed by atoms with Crippen LogP contribution >= 0.6 is 0 Å². The van der Waals surface area contributed by atoms with Crippen LogP contribution in [0.1, 0.15) is 10.4 Å². The van der Waals surface area contributed by atoms with Gasteiger partial charge in [-0.05, 0) is 12.1 Å². The zero-order valence-electron chi connectivity index (χ0n) is 10.9. The number of nitrogens with zero attached hydrogens (tertiary/aromatic N) is 2. The first-order valence-electron chi connectivity index (χ1n) is 6.04. The van der Waals surface area contributed by atoms with Gasteiger partial charge in [-0.3, -0.25) is 9.78 Å². The topological polar surface area (TPSA) is 156 Å². The van der Waals surface area contributed by atoms with E-state index in [1.807, 2.05) is 0 Å². The van der Waals surface area contributed by atoms with Crippen LogP contribution in [0.15, 0.2) is 29.6 Å². The van der Waals surface area contributed by atoms with E-state index in [2.05, 4.69) is 15.5 Å². The summed E-state index contributed by atoms with van der Waals surface area (Å²) in [6, 6.07) is 2.91. The SMILES string of the molecule is O=C(N/N=C\[C@H](O)[C@H](O)[C@@H](O)[C@H](O)CO)c1ccncc1. The highest BCUT2D eigenvalue weighted by molar-refractivity contribution is 5.94. The van der Waals surface area contributed by atoms with Crippen molar-refractivity contribution in [3.8, 4) is 0 Å². The van der Waals surface area contributed by atoms with Gasteiger partial charge in [0.25, 0.3) is 5.91 Å². The molecule has 0 spiro atoms. The van der Waals surface area contributed by atoms with Gasteiger partial charge in [0.1, 0.15) is 24.4 Å². The summed E-state index contributed by atoms with van der Waals surface area (Å²) in [5, 5.41) is 49.5. The first kappa shape index (κ1) is 17.1. The van der Waals surface area contributed by atoms with E-state index in [0.29, 0.717) is 5.56 Å². The Morgan fingerprint density at radius 2 is 1.86 bits per heavy atom. The molecule has 0 aliphatic heterocycles. The standard InChI is InChI=1S/C12H17N3O6/c16-6-9(18)11(20)10(19)8(17)5-14-15-12(21)7-1-3-13-4-2-7/h1-5,8-11,16-20H,6H2,(H,15,21)/b14-5-/t8-,9+,10-,11-/m0/s1. The average molecular weight is 299 g/mol. The quantitative estimate of drug-likeness (QED) is 0.235. The summed E-state index contributed by atoms with van der Waals surface area (Å²) in [4.78, 5) is 15.3. The predicted molar refractivity (Wildman–Crippen MR) is 71.3 cm³/mol. The molecule has 0 unspecified atom stereocenters. The maximum atomic E-state index is 11.6. The Balaban J connectivity index is 2.51. The van der Waals surface area contributed by atoms with Crippen molar-refractivity contribution in [2.24, 2.45) is 5.10 Å². The second-order valence-corrected chi connectivity index (χ2v) is 4.18. The van der Waals surface area contributed by atoms with Crippen molar-refractivity contribution in [3.63, 3.8) is 0 Å². The van der Waals surface area contributed by atoms with Gasteiger partial charge < -0.3 is 25.5 Å². The lowest BCUT2D eigenvalue weighted by Gasteiger charge is -2.23. The van der Waals surface area contributed by atoms with Crippen molar-refractivity contribution in [1.29, 1.82) is 0 Å². The normalized spacial score (nSPS) is 17.2. The fraction of sp³-hybridized carbons (Fsp3) is 0.417. The Hall–Kier alpha value is -1.91. The third kappa shape index (κ3) is 5.17. The van der Waals surface area contributed by atoms with Crippen LogP contribution in [0.4, 0.5) is 0 Å². The third-order valence-electron chi connectivity index (χ3n) is 2.62. The molecule has 1 rings (SSSR count). The number of carbonyl (C=O) groups excluding carboxylic acids is 1. The molecule has 4 atom stereocenters. The zero-order chi connectivity index (χ0) is 15.8. The number of aliphatic hydroxyl groups is 5. The highest BCUT2D eigenvalue weighted by Gasteiger charge is 2.29. The third-order valence-corrected chi connectivity index (χ3v) is 2.62. The van der Waals surface area contributed by atoms with Crippen molar-refractivity contribution < 1.29 is 30.3 Å². The summed E-state index contributed by atoms with van der Waals surface area (Å²) in [5.41, 5.74) is 2.40. The molecule has 116 valence electrons. The van der Waals surface area contributed by atoms with Crippen LogP contribution in [0.3, 0.4) is 0 Å². The number of aromatic nitrogens is 1. The number of pyridine rings is 1. The number of rotatable bonds is 7. The maximum Gasteiger partial charge on any atom is 0.271 e. The average Bonchev–Trinajstić information content (AvgIpc) is 2.53. The molecule has 0 fully saturated rings. The highest BCUT2D eigenvalue weighted by atomic mass is 16.4. The van der Waals surface area contributed by atoms with Crippen LogP contribution in [0, 0.1) is 0 Å². The molecule has 0 aromatic carbocycles. The smallest absolute Gasteiger partial charge is 0.271 e. The minimum absolute atomic E-state index is 0.299. The Morgan fingerprint density at radius 1 is 1.24 bits per heavy atom. The highest BCUT2D eigenvalue weighted by Crippen LogP contribution is 2.03. The number of amides is 1. The summed E-state index contributed by atoms with van der Waals surface area (Å²) in [7, 11) is 0. The van der Waals surface area contributed by atoms with Gasteiger partial charge in [-0.25, -0.2) is 5.43 Å². The van der Waals surface area contributed by atoms with Crippen molar-refractivity contribution in [1.82, 2.24) is 10.4 Å². The van der Waals surface area contributed by atoms with Gasteiger partial charge >= 0.3 is 0 Å². The molecule has 0 aliphatic rings. The van der Waals surface area contributed by atoms with Crippen LogP contribution in [0.2, 0.25) is 0 Å². The molecular formula is C12H17N3O6. The first-order chi connectivity index (χ1) is 9.97. The molecule has 0 saturated heterocycles. The van der Waals surface area contributed by atoms with Crippen LogP contribution in [0.25, 0.3) is 0 Å². The summed E-state index contributed by atoms with van der Waals surface area (Å²) >= 11 is 0. The molecule has 0 aliphatic carbocycles. The molecule has 0 saturated carbocycles. The molecule has 1 aromatic heterocycles. The van der Waals surface area contributed by atoms with Crippen LogP contribution in [-0.2, 0) is 0 Å². The Bertz CT molecular complexity index is 469. The molecule has 1 amide bonds. The van der Waals surface area contributed by atoms with Crippen molar-refractivity contribution in [2.75, 3.05) is 6.61 Å². The fourth-order valence-corrected chi connectivity index (χ4v) is 1.37. The molecule has 1 heterocycles. The second-order valence-electron chi connectivity index (χ2n) is 4.18. The van der Waals surface area contributed by atoms with Crippen LogP contribution < -0.4 is 5.43 Å². The number of hydrogen-bond acceptors (Lipinski definition) is 8. The number of aliphatic hydroxyl groups excluding tert-OH is 5. The van der Waals surface area contributed by atoms with Gasteiger partial charge in [0.05, 0.1) is 12.8 Å². The van der Waals surface area contributed by atoms with E-state index < -0.39 is 36.9 Å². The van der Waals surface area contributed by atoms with Gasteiger partial charge in [0.15, 0.2) is 0 Å². The van der Waals surface area contributed by atoms with Crippen molar-refractivity contribution >= 4 is 12.1 Å². The Kier molecular flexibility index (Phi) is 6.85. The van der Waals surface area contributed by atoms with Crippen molar-refractivity contribution in [2.45, 2.75) is 24.4 Å².